The van der Waals surface area contributed by atoms with Gasteiger partial charge in [0.1, 0.15) is 5.82 Å². The van der Waals surface area contributed by atoms with Gasteiger partial charge in [0, 0.05) is 16.0 Å². The van der Waals surface area contributed by atoms with E-state index in [9.17, 15) is 12.8 Å². The fraction of sp³-hybridized carbons (Fsp3) is 0.389. The average molecular weight is 578 g/mol. The van der Waals surface area contributed by atoms with Crippen molar-refractivity contribution in [3.05, 3.63) is 33.2 Å². The molecule has 3 aromatic rings. The Morgan fingerprint density at radius 2 is 2.00 bits per heavy atom. The van der Waals surface area contributed by atoms with Gasteiger partial charge in [0.15, 0.2) is 28.5 Å². The van der Waals surface area contributed by atoms with Crippen molar-refractivity contribution in [3.63, 3.8) is 0 Å². The van der Waals surface area contributed by atoms with E-state index in [-0.39, 0.29) is 30.9 Å². The molecule has 1 aromatic carbocycles. The van der Waals surface area contributed by atoms with Crippen molar-refractivity contribution < 1.29 is 26.5 Å². The lowest BCUT2D eigenvalue weighted by Gasteiger charge is -2.17. The average Bonchev–Trinajstić information content (AvgIpc) is 3.28. The molecule has 2 aromatic heterocycles. The van der Waals surface area contributed by atoms with Gasteiger partial charge in [-0.25, -0.2) is 10.1 Å². The summed E-state index contributed by atoms with van der Waals surface area (Å²) in [4.78, 5) is 12.1. The first kappa shape index (κ1) is 22.9. The maximum atomic E-state index is 14.0. The summed E-state index contributed by atoms with van der Waals surface area (Å²) >= 11 is 2.20. The molecular weight excluding hydrogens is 558 g/mol. The SMILES string of the molecule is CC(CCCOS(N)(=O)=O)n1c(Cc2cc3c(cc2I)OCO3)nc2c(N)nc(F)nc21. The minimum absolute atomic E-state index is 0.0577. The number of halogens is 2. The first-order chi connectivity index (χ1) is 15.1. The number of aromatic nitrogens is 4. The molecule has 32 heavy (non-hydrogen) atoms. The molecule has 1 atom stereocenters. The predicted octanol–water partition coefficient (Wildman–Crippen LogP) is 2.03. The number of anilines is 1. The van der Waals surface area contributed by atoms with Crippen molar-refractivity contribution >= 4 is 49.9 Å². The van der Waals surface area contributed by atoms with Crippen molar-refractivity contribution in [2.24, 2.45) is 5.14 Å². The summed E-state index contributed by atoms with van der Waals surface area (Å²) < 4.78 is 54.1. The van der Waals surface area contributed by atoms with Crippen molar-refractivity contribution in [1.29, 1.82) is 0 Å². The standard InChI is InChI=1S/C18H20FIN6O5S/c1-9(3-2-4-31-32(22,27)28)26-14(23-15-16(21)24-18(19)25-17(15)26)6-10-5-12-13(7-11(10)20)30-8-29-12/h5,7,9H,2-4,6,8H2,1H3,(H2,21,24,25)(H2,22,27,28). The fourth-order valence-electron chi connectivity index (χ4n) is 3.55. The third kappa shape index (κ3) is 4.87. The van der Waals surface area contributed by atoms with Gasteiger partial charge in [-0.15, -0.1) is 0 Å². The molecule has 0 fully saturated rings. The molecule has 3 heterocycles. The Morgan fingerprint density at radius 1 is 1.28 bits per heavy atom. The van der Waals surface area contributed by atoms with E-state index in [0.29, 0.717) is 42.1 Å². The first-order valence-electron chi connectivity index (χ1n) is 9.57. The van der Waals surface area contributed by atoms with E-state index in [1.807, 2.05) is 19.1 Å². The van der Waals surface area contributed by atoms with E-state index >= 15 is 0 Å². The number of ether oxygens (including phenoxy) is 2. The Hall–Kier alpha value is -2.30. The first-order valence-corrected chi connectivity index (χ1v) is 12.1. The zero-order valence-electron chi connectivity index (χ0n) is 16.9. The van der Waals surface area contributed by atoms with Gasteiger partial charge in [0.05, 0.1) is 6.61 Å². The van der Waals surface area contributed by atoms with Crippen LogP contribution in [0, 0.1) is 9.65 Å². The van der Waals surface area contributed by atoms with Crippen molar-refractivity contribution in [2.45, 2.75) is 32.2 Å². The maximum absolute atomic E-state index is 14.0. The summed E-state index contributed by atoms with van der Waals surface area (Å²) in [6, 6.07) is 3.54. The lowest BCUT2D eigenvalue weighted by molar-refractivity contribution is 0.174. The Kier molecular flexibility index (Phi) is 6.37. The third-order valence-electron chi connectivity index (χ3n) is 4.96. The molecule has 14 heteroatoms. The smallest absolute Gasteiger partial charge is 0.333 e. The van der Waals surface area contributed by atoms with Crippen LogP contribution in [0.1, 0.15) is 37.2 Å². The van der Waals surface area contributed by atoms with Crippen LogP contribution in [0.4, 0.5) is 10.2 Å². The van der Waals surface area contributed by atoms with Gasteiger partial charge in [0.25, 0.3) is 0 Å². The van der Waals surface area contributed by atoms with Crippen LogP contribution in [-0.4, -0.2) is 41.3 Å². The highest BCUT2D eigenvalue weighted by molar-refractivity contribution is 14.1. The molecule has 0 radical (unpaired) electrons. The molecule has 0 spiro atoms. The molecule has 172 valence electrons. The van der Waals surface area contributed by atoms with E-state index in [1.54, 1.807) is 4.57 Å². The minimum atomic E-state index is -4.01. The van der Waals surface area contributed by atoms with Crippen LogP contribution >= 0.6 is 22.6 Å². The van der Waals surface area contributed by atoms with Crippen LogP contribution in [0.25, 0.3) is 11.2 Å². The van der Waals surface area contributed by atoms with Crippen LogP contribution in [0.15, 0.2) is 12.1 Å². The lowest BCUT2D eigenvalue weighted by atomic mass is 10.1. The Morgan fingerprint density at radius 3 is 2.72 bits per heavy atom. The highest BCUT2D eigenvalue weighted by Gasteiger charge is 2.23. The Balaban J connectivity index is 1.68. The molecule has 0 aliphatic carbocycles. The van der Waals surface area contributed by atoms with E-state index in [1.165, 1.54) is 0 Å². The highest BCUT2D eigenvalue weighted by atomic mass is 127. The Bertz CT molecular complexity index is 1280. The molecular formula is C18H20FIN6O5S. The maximum Gasteiger partial charge on any atom is 0.333 e. The number of nitrogens with two attached hydrogens (primary N) is 2. The fourth-order valence-corrected chi connectivity index (χ4v) is 4.53. The normalized spacial score (nSPS) is 14.2. The zero-order chi connectivity index (χ0) is 23.0. The molecule has 4 N–H and O–H groups in total. The number of nitrogen functional groups attached to an aromatic ring is 1. The second kappa shape index (κ2) is 8.92. The molecule has 0 bridgehead atoms. The van der Waals surface area contributed by atoms with Crippen molar-refractivity contribution in [1.82, 2.24) is 19.5 Å². The number of rotatable bonds is 8. The third-order valence-corrected chi connectivity index (χ3v) is 6.46. The van der Waals surface area contributed by atoms with Gasteiger partial charge < -0.3 is 19.8 Å². The second-order valence-corrected chi connectivity index (χ2v) is 9.61. The van der Waals surface area contributed by atoms with Crippen LogP contribution < -0.4 is 20.3 Å². The van der Waals surface area contributed by atoms with Crippen LogP contribution in [0.5, 0.6) is 11.5 Å². The molecule has 11 nitrogen and oxygen atoms in total. The molecule has 1 aliphatic heterocycles. The van der Waals surface area contributed by atoms with Gasteiger partial charge >= 0.3 is 16.4 Å². The molecule has 1 unspecified atom stereocenters. The largest absolute Gasteiger partial charge is 0.454 e. The van der Waals surface area contributed by atoms with Gasteiger partial charge in [-0.1, -0.05) is 0 Å². The Labute approximate surface area is 196 Å². The number of benzene rings is 1. The topological polar surface area (TPSA) is 157 Å². The monoisotopic (exact) mass is 578 g/mol. The summed E-state index contributed by atoms with van der Waals surface area (Å²) in [7, 11) is -4.01. The number of fused-ring (bicyclic) bond motifs is 2. The van der Waals surface area contributed by atoms with Gasteiger partial charge in [-0.2, -0.15) is 22.8 Å². The molecule has 1 aliphatic rings. The molecule has 0 saturated carbocycles. The van der Waals surface area contributed by atoms with E-state index in [0.717, 1.165) is 9.13 Å². The van der Waals surface area contributed by atoms with E-state index in [2.05, 4.69) is 41.7 Å². The molecule has 0 amide bonds. The summed E-state index contributed by atoms with van der Waals surface area (Å²) in [5, 5.41) is 4.86. The van der Waals surface area contributed by atoms with Crippen LogP contribution in [0.3, 0.4) is 0 Å². The summed E-state index contributed by atoms with van der Waals surface area (Å²) in [6.45, 7) is 1.98. The molecule has 4 rings (SSSR count). The van der Waals surface area contributed by atoms with Crippen LogP contribution in [-0.2, 0) is 20.9 Å². The zero-order valence-corrected chi connectivity index (χ0v) is 19.9. The number of imidazole rings is 1. The van der Waals surface area contributed by atoms with Gasteiger partial charge in [-0.05, 0) is 60.1 Å². The second-order valence-electron chi connectivity index (χ2n) is 7.23. The van der Waals surface area contributed by atoms with Gasteiger partial charge in [0.2, 0.25) is 6.79 Å². The predicted molar refractivity (Wildman–Crippen MR) is 121 cm³/mol. The lowest BCUT2D eigenvalue weighted by Crippen LogP contribution is -2.17. The molecule has 0 saturated heterocycles. The highest BCUT2D eigenvalue weighted by Crippen LogP contribution is 2.36. The van der Waals surface area contributed by atoms with Crippen molar-refractivity contribution in [3.8, 4) is 11.5 Å². The number of hydrogen-bond donors (Lipinski definition) is 2. The quantitative estimate of drug-likeness (QED) is 0.232. The van der Waals surface area contributed by atoms with E-state index in [4.69, 9.17) is 20.3 Å². The number of hydrogen-bond acceptors (Lipinski definition) is 9. The van der Waals surface area contributed by atoms with Crippen LogP contribution in [0.2, 0.25) is 0 Å². The van der Waals surface area contributed by atoms with Gasteiger partial charge in [-0.3, -0.25) is 4.18 Å². The minimum Gasteiger partial charge on any atom is -0.454 e. The van der Waals surface area contributed by atoms with Crippen molar-refractivity contribution in [2.75, 3.05) is 19.1 Å². The summed E-state index contributed by atoms with van der Waals surface area (Å²) in [5.41, 5.74) is 7.39. The van der Waals surface area contributed by atoms with E-state index < -0.39 is 16.4 Å². The summed E-state index contributed by atoms with van der Waals surface area (Å²) in [5.74, 6) is 1.86. The number of nitrogens with zero attached hydrogens (tertiary/aromatic N) is 4. The summed E-state index contributed by atoms with van der Waals surface area (Å²) in [6.07, 6.45) is 0.328.